The van der Waals surface area contributed by atoms with Crippen molar-refractivity contribution >= 4 is 29.9 Å². The molecule has 5 nitrogen and oxygen atoms in total. The molecule has 112 valence electrons. The van der Waals surface area contributed by atoms with Crippen LogP contribution in [0.2, 0.25) is 0 Å². The van der Waals surface area contributed by atoms with Gasteiger partial charge in [0.25, 0.3) is 0 Å². The van der Waals surface area contributed by atoms with Gasteiger partial charge in [-0.15, -0.1) is 12.4 Å². The van der Waals surface area contributed by atoms with Gasteiger partial charge in [-0.2, -0.15) is 0 Å². The molecule has 0 aliphatic carbocycles. The number of carbonyl (C=O) groups is 2. The Morgan fingerprint density at radius 3 is 2.55 bits per heavy atom. The normalized spacial score (nSPS) is 9.80. The smallest absolute Gasteiger partial charge is 0.234 e. The maximum atomic E-state index is 11.6. The van der Waals surface area contributed by atoms with E-state index in [1.54, 1.807) is 0 Å². The third-order valence-corrected chi connectivity index (χ3v) is 2.48. The number of amides is 2. The van der Waals surface area contributed by atoms with Crippen molar-refractivity contribution in [2.45, 2.75) is 26.8 Å². The number of anilines is 1. The lowest BCUT2D eigenvalue weighted by molar-refractivity contribution is -0.120. The largest absolute Gasteiger partial charge is 0.351 e. The molecule has 0 fully saturated rings. The van der Waals surface area contributed by atoms with Gasteiger partial charge in [0, 0.05) is 18.7 Å². The SMILES string of the molecule is CC(C)CC(=O)Nc1cccc(CNC(=O)CN)c1.Cl. The molecule has 0 radical (unpaired) electrons. The first kappa shape index (κ1) is 18.4. The standard InChI is InChI=1S/C14H21N3O2.ClH/c1-10(2)6-13(18)17-12-5-3-4-11(7-12)9-16-14(19)8-15;/h3-5,7,10H,6,8-9,15H2,1-2H3,(H,16,19)(H,17,18);1H. The summed E-state index contributed by atoms with van der Waals surface area (Å²) in [6, 6.07) is 7.39. The van der Waals surface area contributed by atoms with Crippen LogP contribution in [-0.4, -0.2) is 18.4 Å². The number of carbonyl (C=O) groups excluding carboxylic acids is 2. The Bertz CT molecular complexity index is 450. The predicted octanol–water partition coefficient (Wildman–Crippen LogP) is 1.67. The monoisotopic (exact) mass is 299 g/mol. The van der Waals surface area contributed by atoms with Crippen molar-refractivity contribution in [1.82, 2.24) is 5.32 Å². The second-order valence-electron chi connectivity index (χ2n) is 4.83. The van der Waals surface area contributed by atoms with Crippen LogP contribution in [0.15, 0.2) is 24.3 Å². The molecule has 0 aliphatic rings. The van der Waals surface area contributed by atoms with E-state index < -0.39 is 0 Å². The number of hydrogen-bond donors (Lipinski definition) is 3. The van der Waals surface area contributed by atoms with Gasteiger partial charge >= 0.3 is 0 Å². The Morgan fingerprint density at radius 1 is 1.25 bits per heavy atom. The quantitative estimate of drug-likeness (QED) is 0.747. The van der Waals surface area contributed by atoms with Crippen LogP contribution in [0.5, 0.6) is 0 Å². The summed E-state index contributed by atoms with van der Waals surface area (Å²) in [6.45, 7) is 4.38. The highest BCUT2D eigenvalue weighted by molar-refractivity contribution is 5.90. The number of hydrogen-bond acceptors (Lipinski definition) is 3. The highest BCUT2D eigenvalue weighted by Crippen LogP contribution is 2.12. The van der Waals surface area contributed by atoms with Crippen molar-refractivity contribution in [1.29, 1.82) is 0 Å². The van der Waals surface area contributed by atoms with Gasteiger partial charge in [0.1, 0.15) is 0 Å². The van der Waals surface area contributed by atoms with Gasteiger partial charge in [-0.1, -0.05) is 26.0 Å². The first-order chi connectivity index (χ1) is 9.01. The van der Waals surface area contributed by atoms with Crippen molar-refractivity contribution in [3.8, 4) is 0 Å². The van der Waals surface area contributed by atoms with Gasteiger partial charge in [0.05, 0.1) is 6.54 Å². The highest BCUT2D eigenvalue weighted by Gasteiger charge is 2.05. The summed E-state index contributed by atoms with van der Waals surface area (Å²) < 4.78 is 0. The third kappa shape index (κ3) is 7.11. The number of nitrogens with two attached hydrogens (primary N) is 1. The minimum Gasteiger partial charge on any atom is -0.351 e. The van der Waals surface area contributed by atoms with Gasteiger partial charge in [-0.05, 0) is 23.6 Å². The van der Waals surface area contributed by atoms with Gasteiger partial charge in [-0.25, -0.2) is 0 Å². The second kappa shape index (κ2) is 9.34. The summed E-state index contributed by atoms with van der Waals surface area (Å²) in [5, 5.41) is 5.52. The Hall–Kier alpha value is -1.59. The molecule has 2 amide bonds. The van der Waals surface area contributed by atoms with Crippen LogP contribution in [0, 0.1) is 5.92 Å². The van der Waals surface area contributed by atoms with Crippen molar-refractivity contribution < 1.29 is 9.59 Å². The molecule has 0 aromatic heterocycles. The number of halogens is 1. The van der Waals surface area contributed by atoms with Crippen LogP contribution in [0.3, 0.4) is 0 Å². The van der Waals surface area contributed by atoms with Gasteiger partial charge in [-0.3, -0.25) is 9.59 Å². The summed E-state index contributed by atoms with van der Waals surface area (Å²) >= 11 is 0. The molecule has 20 heavy (non-hydrogen) atoms. The minimum absolute atomic E-state index is 0. The molecule has 0 atom stereocenters. The lowest BCUT2D eigenvalue weighted by atomic mass is 10.1. The molecule has 4 N–H and O–H groups in total. The zero-order valence-corrected chi connectivity index (χ0v) is 12.6. The Morgan fingerprint density at radius 2 is 1.95 bits per heavy atom. The number of benzene rings is 1. The van der Waals surface area contributed by atoms with Crippen LogP contribution in [0.1, 0.15) is 25.8 Å². The van der Waals surface area contributed by atoms with E-state index in [9.17, 15) is 9.59 Å². The minimum atomic E-state index is -0.200. The lowest BCUT2D eigenvalue weighted by Gasteiger charge is -2.09. The Labute approximate surface area is 125 Å². The zero-order valence-electron chi connectivity index (χ0n) is 11.8. The number of nitrogens with one attached hydrogen (secondary N) is 2. The molecule has 0 aliphatic heterocycles. The van der Waals surface area contributed by atoms with Crippen LogP contribution >= 0.6 is 12.4 Å². The molecule has 6 heteroatoms. The molecule has 1 aromatic rings. The molecule has 1 aromatic carbocycles. The molecule has 0 saturated heterocycles. The van der Waals surface area contributed by atoms with E-state index >= 15 is 0 Å². The fourth-order valence-corrected chi connectivity index (χ4v) is 1.61. The van der Waals surface area contributed by atoms with Gasteiger partial charge in [0.2, 0.25) is 11.8 Å². The predicted molar refractivity (Wildman–Crippen MR) is 82.7 cm³/mol. The van der Waals surface area contributed by atoms with Crippen LogP contribution in [0.4, 0.5) is 5.69 Å². The molecule has 0 spiro atoms. The fourth-order valence-electron chi connectivity index (χ4n) is 1.61. The molecule has 0 saturated carbocycles. The average Bonchev–Trinajstić information content (AvgIpc) is 2.35. The summed E-state index contributed by atoms with van der Waals surface area (Å²) in [5.41, 5.74) is 6.87. The Kier molecular flexibility index (Phi) is 8.59. The lowest BCUT2D eigenvalue weighted by Crippen LogP contribution is -2.29. The topological polar surface area (TPSA) is 84.2 Å². The molecular formula is C14H22ClN3O2. The van der Waals surface area contributed by atoms with Crippen LogP contribution in [0.25, 0.3) is 0 Å². The van der Waals surface area contributed by atoms with Crippen molar-refractivity contribution in [3.05, 3.63) is 29.8 Å². The van der Waals surface area contributed by atoms with Gasteiger partial charge in [0.15, 0.2) is 0 Å². The maximum Gasteiger partial charge on any atom is 0.234 e. The van der Waals surface area contributed by atoms with Crippen molar-refractivity contribution in [2.75, 3.05) is 11.9 Å². The van der Waals surface area contributed by atoms with Crippen molar-refractivity contribution in [3.63, 3.8) is 0 Å². The third-order valence-electron chi connectivity index (χ3n) is 2.48. The Balaban J connectivity index is 0.00000361. The van der Waals surface area contributed by atoms with E-state index in [0.717, 1.165) is 11.3 Å². The summed E-state index contributed by atoms with van der Waals surface area (Å²) in [5.74, 6) is 0.124. The van der Waals surface area contributed by atoms with E-state index in [2.05, 4.69) is 10.6 Å². The summed E-state index contributed by atoms with van der Waals surface area (Å²) in [7, 11) is 0. The molecule has 0 heterocycles. The molecular weight excluding hydrogens is 278 g/mol. The summed E-state index contributed by atoms with van der Waals surface area (Å²) in [6.07, 6.45) is 0.494. The van der Waals surface area contributed by atoms with E-state index in [1.807, 2.05) is 38.1 Å². The van der Waals surface area contributed by atoms with Crippen LogP contribution in [-0.2, 0) is 16.1 Å². The zero-order chi connectivity index (χ0) is 14.3. The van der Waals surface area contributed by atoms with E-state index in [1.165, 1.54) is 0 Å². The van der Waals surface area contributed by atoms with Crippen LogP contribution < -0.4 is 16.4 Å². The van der Waals surface area contributed by atoms with E-state index in [0.29, 0.717) is 18.9 Å². The first-order valence-corrected chi connectivity index (χ1v) is 6.37. The van der Waals surface area contributed by atoms with E-state index in [-0.39, 0.29) is 30.8 Å². The second-order valence-corrected chi connectivity index (χ2v) is 4.83. The fraction of sp³-hybridized carbons (Fsp3) is 0.429. The number of rotatable bonds is 6. The van der Waals surface area contributed by atoms with Gasteiger partial charge < -0.3 is 16.4 Å². The maximum absolute atomic E-state index is 11.6. The van der Waals surface area contributed by atoms with Crippen molar-refractivity contribution in [2.24, 2.45) is 11.7 Å². The van der Waals surface area contributed by atoms with E-state index in [4.69, 9.17) is 5.73 Å². The highest BCUT2D eigenvalue weighted by atomic mass is 35.5. The average molecular weight is 300 g/mol. The molecule has 0 bridgehead atoms. The molecule has 0 unspecified atom stereocenters. The first-order valence-electron chi connectivity index (χ1n) is 6.37. The summed E-state index contributed by atoms with van der Waals surface area (Å²) in [4.78, 5) is 22.7. The molecule has 1 rings (SSSR count).